The number of carbonyl (C=O) groups excluding carboxylic acids is 1. The van der Waals surface area contributed by atoms with E-state index in [1.165, 1.54) is 0 Å². The van der Waals surface area contributed by atoms with Gasteiger partial charge >= 0.3 is 0 Å². The fourth-order valence-corrected chi connectivity index (χ4v) is 1.48. The van der Waals surface area contributed by atoms with Crippen molar-refractivity contribution in [3.63, 3.8) is 0 Å². The molecule has 0 aliphatic carbocycles. The summed E-state index contributed by atoms with van der Waals surface area (Å²) in [5.74, 6) is 0. The monoisotopic (exact) mass is 165 g/mol. The maximum atomic E-state index is 10.4. The van der Waals surface area contributed by atoms with Crippen LogP contribution in [0.5, 0.6) is 0 Å². The van der Waals surface area contributed by atoms with Crippen LogP contribution in [0.3, 0.4) is 0 Å². The van der Waals surface area contributed by atoms with E-state index < -0.39 is 0 Å². The molecular weight excluding hydrogens is 154 g/mol. The molecule has 4 heteroatoms. The van der Waals surface area contributed by atoms with Crippen LogP contribution in [0.2, 0.25) is 0 Å². The molecule has 1 atom stereocenters. The zero-order chi connectivity index (χ0) is 8.39. The Balaban J connectivity index is 2.16. The summed E-state index contributed by atoms with van der Waals surface area (Å²) >= 11 is 0. The highest BCUT2D eigenvalue weighted by atomic mass is 16.1. The summed E-state index contributed by atoms with van der Waals surface area (Å²) in [4.78, 5) is 10.4. The minimum Gasteiger partial charge on any atom is -0.315 e. The van der Waals surface area contributed by atoms with Gasteiger partial charge in [0, 0.05) is 12.7 Å². The summed E-state index contributed by atoms with van der Waals surface area (Å²) in [7, 11) is 0. The quantitative estimate of drug-likeness (QED) is 0.638. The molecular formula is C8H11N3O. The van der Waals surface area contributed by atoms with Crippen molar-refractivity contribution in [2.45, 2.75) is 12.5 Å². The Labute approximate surface area is 70.6 Å². The van der Waals surface area contributed by atoms with Crippen molar-refractivity contribution in [1.29, 1.82) is 0 Å². The van der Waals surface area contributed by atoms with Crippen molar-refractivity contribution in [2.24, 2.45) is 0 Å². The van der Waals surface area contributed by atoms with Crippen LogP contribution < -0.4 is 5.32 Å². The van der Waals surface area contributed by atoms with Gasteiger partial charge in [0.25, 0.3) is 0 Å². The first-order chi connectivity index (χ1) is 5.90. The van der Waals surface area contributed by atoms with E-state index in [1.807, 2.05) is 4.68 Å². The minimum atomic E-state index is 0.429. The Morgan fingerprint density at radius 2 is 2.67 bits per heavy atom. The van der Waals surface area contributed by atoms with Crippen LogP contribution in [-0.2, 0) is 0 Å². The molecule has 0 aromatic carbocycles. The Morgan fingerprint density at radius 3 is 3.25 bits per heavy atom. The van der Waals surface area contributed by atoms with Crippen LogP contribution in [0, 0.1) is 0 Å². The lowest BCUT2D eigenvalue weighted by atomic mass is 10.3. The molecule has 0 spiro atoms. The Morgan fingerprint density at radius 1 is 1.75 bits per heavy atom. The molecule has 0 saturated carbocycles. The minimum absolute atomic E-state index is 0.429. The molecule has 1 N–H and O–H groups in total. The number of aldehydes is 1. The van der Waals surface area contributed by atoms with E-state index in [2.05, 4.69) is 10.4 Å². The van der Waals surface area contributed by atoms with Gasteiger partial charge in [0.2, 0.25) is 0 Å². The number of rotatable bonds is 2. The number of carbonyl (C=O) groups is 1. The topological polar surface area (TPSA) is 46.9 Å². The smallest absolute Gasteiger partial charge is 0.153 e. The molecule has 1 aromatic rings. The maximum Gasteiger partial charge on any atom is 0.153 e. The summed E-state index contributed by atoms with van der Waals surface area (Å²) in [5, 5.41) is 7.36. The predicted molar refractivity (Wildman–Crippen MR) is 44.1 cm³/mol. The molecule has 1 aromatic heterocycles. The standard InChI is InChI=1S/C8H11N3O/c12-6-7-3-10-11(5-7)8-1-2-9-4-8/h3,5-6,8-9H,1-2,4H2. The average Bonchev–Trinajstić information content (AvgIpc) is 2.75. The first-order valence-electron chi connectivity index (χ1n) is 4.10. The first-order valence-corrected chi connectivity index (χ1v) is 4.10. The van der Waals surface area contributed by atoms with E-state index >= 15 is 0 Å². The second-order valence-electron chi connectivity index (χ2n) is 3.02. The van der Waals surface area contributed by atoms with Gasteiger partial charge in [-0.3, -0.25) is 9.48 Å². The molecule has 1 aliphatic heterocycles. The van der Waals surface area contributed by atoms with Crippen molar-refractivity contribution in [2.75, 3.05) is 13.1 Å². The van der Waals surface area contributed by atoms with Gasteiger partial charge in [0.15, 0.2) is 6.29 Å². The number of nitrogens with zero attached hydrogens (tertiary/aromatic N) is 2. The number of aromatic nitrogens is 2. The molecule has 0 bridgehead atoms. The molecule has 4 nitrogen and oxygen atoms in total. The summed E-state index contributed by atoms with van der Waals surface area (Å²) in [6.45, 7) is 2.00. The molecule has 0 amide bonds. The Kier molecular flexibility index (Phi) is 1.91. The van der Waals surface area contributed by atoms with Crippen LogP contribution in [0.15, 0.2) is 12.4 Å². The molecule has 2 heterocycles. The second kappa shape index (κ2) is 3.06. The van der Waals surface area contributed by atoms with Crippen LogP contribution in [0.25, 0.3) is 0 Å². The third-order valence-corrected chi connectivity index (χ3v) is 2.17. The number of nitrogens with one attached hydrogen (secondary N) is 1. The van der Waals surface area contributed by atoms with E-state index in [4.69, 9.17) is 0 Å². The first kappa shape index (κ1) is 7.49. The Bertz CT molecular complexity index is 276. The van der Waals surface area contributed by atoms with Gasteiger partial charge < -0.3 is 5.32 Å². The highest BCUT2D eigenvalue weighted by molar-refractivity contribution is 5.73. The van der Waals surface area contributed by atoms with Gasteiger partial charge in [0.05, 0.1) is 17.8 Å². The molecule has 1 fully saturated rings. The van der Waals surface area contributed by atoms with Crippen LogP contribution in [-0.4, -0.2) is 29.2 Å². The second-order valence-corrected chi connectivity index (χ2v) is 3.02. The highest BCUT2D eigenvalue weighted by Crippen LogP contribution is 2.13. The van der Waals surface area contributed by atoms with E-state index in [-0.39, 0.29) is 0 Å². The molecule has 2 rings (SSSR count). The summed E-state index contributed by atoms with van der Waals surface area (Å²) in [6.07, 6.45) is 5.32. The van der Waals surface area contributed by atoms with Gasteiger partial charge in [-0.25, -0.2) is 0 Å². The third kappa shape index (κ3) is 1.25. The maximum absolute atomic E-state index is 10.4. The van der Waals surface area contributed by atoms with Gasteiger partial charge in [-0.15, -0.1) is 0 Å². The summed E-state index contributed by atoms with van der Waals surface area (Å²) in [5.41, 5.74) is 0.655. The van der Waals surface area contributed by atoms with Crippen LogP contribution in [0.1, 0.15) is 22.8 Å². The molecule has 1 aliphatic rings. The van der Waals surface area contributed by atoms with Crippen molar-refractivity contribution >= 4 is 6.29 Å². The van der Waals surface area contributed by atoms with Crippen molar-refractivity contribution < 1.29 is 4.79 Å². The highest BCUT2D eigenvalue weighted by Gasteiger charge is 2.16. The zero-order valence-electron chi connectivity index (χ0n) is 6.73. The fourth-order valence-electron chi connectivity index (χ4n) is 1.48. The lowest BCUT2D eigenvalue weighted by Gasteiger charge is -2.07. The average molecular weight is 165 g/mol. The summed E-state index contributed by atoms with van der Waals surface area (Å²) < 4.78 is 1.86. The number of hydrogen-bond acceptors (Lipinski definition) is 3. The van der Waals surface area contributed by atoms with Gasteiger partial charge in [-0.05, 0) is 13.0 Å². The van der Waals surface area contributed by atoms with Gasteiger partial charge in [0.1, 0.15) is 0 Å². The zero-order valence-corrected chi connectivity index (χ0v) is 6.73. The molecule has 1 saturated heterocycles. The van der Waals surface area contributed by atoms with Crippen molar-refractivity contribution in [1.82, 2.24) is 15.1 Å². The van der Waals surface area contributed by atoms with Crippen molar-refractivity contribution in [3.05, 3.63) is 18.0 Å². The van der Waals surface area contributed by atoms with Gasteiger partial charge in [-0.1, -0.05) is 0 Å². The largest absolute Gasteiger partial charge is 0.315 e. The van der Waals surface area contributed by atoms with Crippen molar-refractivity contribution in [3.8, 4) is 0 Å². The molecule has 0 radical (unpaired) electrons. The van der Waals surface area contributed by atoms with Crippen LogP contribution >= 0.6 is 0 Å². The normalized spacial score (nSPS) is 22.8. The SMILES string of the molecule is O=Cc1cnn(C2CCNC2)c1. The van der Waals surface area contributed by atoms with E-state index in [0.717, 1.165) is 25.8 Å². The fraction of sp³-hybridized carbons (Fsp3) is 0.500. The van der Waals surface area contributed by atoms with E-state index in [1.54, 1.807) is 12.4 Å². The third-order valence-electron chi connectivity index (χ3n) is 2.17. The van der Waals surface area contributed by atoms with Gasteiger partial charge in [-0.2, -0.15) is 5.10 Å². The van der Waals surface area contributed by atoms with Crippen LogP contribution in [0.4, 0.5) is 0 Å². The summed E-state index contributed by atoms with van der Waals surface area (Å²) in [6, 6.07) is 0.429. The number of hydrogen-bond donors (Lipinski definition) is 1. The molecule has 1 unspecified atom stereocenters. The molecule has 12 heavy (non-hydrogen) atoms. The van der Waals surface area contributed by atoms with E-state index in [0.29, 0.717) is 11.6 Å². The predicted octanol–water partition coefficient (Wildman–Crippen LogP) is 0.230. The lowest BCUT2D eigenvalue weighted by molar-refractivity contribution is 0.112. The lowest BCUT2D eigenvalue weighted by Crippen LogP contribution is -2.13. The van der Waals surface area contributed by atoms with E-state index in [9.17, 15) is 4.79 Å². The Hall–Kier alpha value is -1.16. The molecule has 64 valence electrons.